The fourth-order valence-corrected chi connectivity index (χ4v) is 1.82. The van der Waals surface area contributed by atoms with Crippen molar-refractivity contribution >= 4 is 17.7 Å². The number of terminal acetylenes is 1. The number of nitrogens with one attached hydrogen (secondary N) is 1. The highest BCUT2D eigenvalue weighted by molar-refractivity contribution is 6.09. The Morgan fingerprint density at radius 2 is 1.87 bits per heavy atom. The van der Waals surface area contributed by atoms with Crippen LogP contribution in [0.3, 0.4) is 0 Å². The molecular formula is C19H14N2O2. The molecule has 0 aromatic heterocycles. The maximum absolute atomic E-state index is 12.1. The second-order valence-electron chi connectivity index (χ2n) is 4.55. The van der Waals surface area contributed by atoms with E-state index in [1.807, 2.05) is 12.1 Å². The molecule has 4 heteroatoms. The minimum absolute atomic E-state index is 0.0196. The molecule has 0 atom stereocenters. The number of amides is 1. The average molecular weight is 302 g/mol. The average Bonchev–Trinajstić information content (AvgIpc) is 2.59. The first-order valence-corrected chi connectivity index (χ1v) is 6.87. The summed E-state index contributed by atoms with van der Waals surface area (Å²) in [5.41, 5.74) is 1.38. The Morgan fingerprint density at radius 3 is 2.48 bits per heavy atom. The standard InChI is InChI=1S/C19H14N2O2/c1-2-12-23-18-10-8-15(9-11-18)13-16(14-20)19(22)21-17-6-4-3-5-7-17/h1,3-11,13H,12H2,(H,21,22)/b16-13-. The SMILES string of the molecule is C#CCOc1ccc(/C=C(/C#N)C(=O)Nc2ccccc2)cc1. The zero-order chi connectivity index (χ0) is 16.5. The van der Waals surface area contributed by atoms with Crippen molar-refractivity contribution in [3.8, 4) is 24.2 Å². The van der Waals surface area contributed by atoms with Crippen LogP contribution in [0.4, 0.5) is 5.69 Å². The lowest BCUT2D eigenvalue weighted by Crippen LogP contribution is -2.13. The Balaban J connectivity index is 2.10. The molecule has 23 heavy (non-hydrogen) atoms. The van der Waals surface area contributed by atoms with Gasteiger partial charge in [0.05, 0.1) is 0 Å². The minimum Gasteiger partial charge on any atom is -0.481 e. The minimum atomic E-state index is -0.452. The number of carbonyl (C=O) groups is 1. The van der Waals surface area contributed by atoms with Gasteiger partial charge >= 0.3 is 0 Å². The quantitative estimate of drug-likeness (QED) is 0.524. The van der Waals surface area contributed by atoms with Crippen LogP contribution in [-0.2, 0) is 4.79 Å². The van der Waals surface area contributed by atoms with E-state index in [0.717, 1.165) is 5.56 Å². The van der Waals surface area contributed by atoms with E-state index in [1.165, 1.54) is 6.08 Å². The van der Waals surface area contributed by atoms with Crippen molar-refractivity contribution in [3.63, 3.8) is 0 Å². The Labute approximate surface area is 135 Å². The summed E-state index contributed by atoms with van der Waals surface area (Å²) in [4.78, 5) is 12.1. The van der Waals surface area contributed by atoms with Crippen LogP contribution in [0.25, 0.3) is 6.08 Å². The van der Waals surface area contributed by atoms with E-state index in [1.54, 1.807) is 48.5 Å². The summed E-state index contributed by atoms with van der Waals surface area (Å²) in [6.45, 7) is 0.193. The third kappa shape index (κ3) is 4.77. The van der Waals surface area contributed by atoms with Crippen LogP contribution in [0.2, 0.25) is 0 Å². The zero-order valence-electron chi connectivity index (χ0n) is 12.3. The van der Waals surface area contributed by atoms with Gasteiger partial charge in [0.15, 0.2) is 0 Å². The van der Waals surface area contributed by atoms with Gasteiger partial charge in [-0.2, -0.15) is 5.26 Å². The number of carbonyl (C=O) groups excluding carboxylic acids is 1. The Hall–Kier alpha value is -3.50. The summed E-state index contributed by atoms with van der Waals surface area (Å²) < 4.78 is 5.27. The van der Waals surface area contributed by atoms with Crippen LogP contribution >= 0.6 is 0 Å². The van der Waals surface area contributed by atoms with Gasteiger partial charge in [0.1, 0.15) is 24.0 Å². The molecule has 2 aromatic rings. The van der Waals surface area contributed by atoms with Gasteiger partial charge in [0.25, 0.3) is 5.91 Å². The number of nitrogens with zero attached hydrogens (tertiary/aromatic N) is 1. The molecule has 112 valence electrons. The molecule has 0 saturated carbocycles. The molecule has 0 radical (unpaired) electrons. The van der Waals surface area contributed by atoms with E-state index in [4.69, 9.17) is 11.2 Å². The Kier molecular flexibility index (Phi) is 5.57. The number of para-hydroxylation sites is 1. The van der Waals surface area contributed by atoms with Crippen molar-refractivity contribution in [1.82, 2.24) is 0 Å². The van der Waals surface area contributed by atoms with Crippen molar-refractivity contribution in [3.05, 3.63) is 65.7 Å². The highest BCUT2D eigenvalue weighted by Gasteiger charge is 2.09. The number of hydrogen-bond donors (Lipinski definition) is 1. The lowest BCUT2D eigenvalue weighted by molar-refractivity contribution is -0.112. The molecule has 2 rings (SSSR count). The predicted octanol–water partition coefficient (Wildman–Crippen LogP) is 3.24. The summed E-state index contributed by atoms with van der Waals surface area (Å²) in [6, 6.07) is 17.8. The fraction of sp³-hybridized carbons (Fsp3) is 0.0526. The van der Waals surface area contributed by atoms with Crippen LogP contribution in [0.1, 0.15) is 5.56 Å². The largest absolute Gasteiger partial charge is 0.481 e. The van der Waals surface area contributed by atoms with Crippen LogP contribution < -0.4 is 10.1 Å². The summed E-state index contributed by atoms with van der Waals surface area (Å²) in [5.74, 6) is 2.56. The van der Waals surface area contributed by atoms with Crippen molar-refractivity contribution < 1.29 is 9.53 Å². The molecule has 0 heterocycles. The number of rotatable bonds is 5. The summed E-state index contributed by atoms with van der Waals surface area (Å²) in [6.07, 6.45) is 6.64. The molecular weight excluding hydrogens is 288 g/mol. The smallest absolute Gasteiger partial charge is 0.266 e. The van der Waals surface area contributed by atoms with E-state index < -0.39 is 5.91 Å². The van der Waals surface area contributed by atoms with Gasteiger partial charge in [-0.05, 0) is 35.9 Å². The third-order valence-corrected chi connectivity index (χ3v) is 2.91. The van der Waals surface area contributed by atoms with E-state index >= 15 is 0 Å². The maximum atomic E-state index is 12.1. The zero-order valence-corrected chi connectivity index (χ0v) is 12.3. The maximum Gasteiger partial charge on any atom is 0.266 e. The van der Waals surface area contributed by atoms with Gasteiger partial charge in [-0.3, -0.25) is 4.79 Å². The lowest BCUT2D eigenvalue weighted by Gasteiger charge is -2.04. The van der Waals surface area contributed by atoms with E-state index in [0.29, 0.717) is 11.4 Å². The third-order valence-electron chi connectivity index (χ3n) is 2.91. The van der Waals surface area contributed by atoms with Gasteiger partial charge in [0, 0.05) is 5.69 Å². The second kappa shape index (κ2) is 8.07. The van der Waals surface area contributed by atoms with Gasteiger partial charge in [-0.1, -0.05) is 36.3 Å². The molecule has 0 fully saturated rings. The first-order chi connectivity index (χ1) is 11.2. The summed E-state index contributed by atoms with van der Waals surface area (Å²) in [7, 11) is 0. The van der Waals surface area contributed by atoms with Crippen molar-refractivity contribution in [1.29, 1.82) is 5.26 Å². The lowest BCUT2D eigenvalue weighted by atomic mass is 10.1. The van der Waals surface area contributed by atoms with Crippen molar-refractivity contribution in [2.45, 2.75) is 0 Å². The van der Waals surface area contributed by atoms with Crippen LogP contribution in [0.15, 0.2) is 60.2 Å². The molecule has 1 amide bonds. The molecule has 0 bridgehead atoms. The fourth-order valence-electron chi connectivity index (χ4n) is 1.82. The molecule has 0 unspecified atom stereocenters. The van der Waals surface area contributed by atoms with Crippen LogP contribution in [0.5, 0.6) is 5.75 Å². The van der Waals surface area contributed by atoms with Gasteiger partial charge < -0.3 is 10.1 Å². The topological polar surface area (TPSA) is 62.1 Å². The number of benzene rings is 2. The molecule has 0 aliphatic carbocycles. The van der Waals surface area contributed by atoms with Gasteiger partial charge in [0.2, 0.25) is 0 Å². The molecule has 0 saturated heterocycles. The van der Waals surface area contributed by atoms with Crippen molar-refractivity contribution in [2.75, 3.05) is 11.9 Å². The highest BCUT2D eigenvalue weighted by Crippen LogP contribution is 2.15. The molecule has 2 aromatic carbocycles. The van der Waals surface area contributed by atoms with E-state index in [9.17, 15) is 10.1 Å². The Morgan fingerprint density at radius 1 is 1.17 bits per heavy atom. The first kappa shape index (κ1) is 15.9. The predicted molar refractivity (Wildman–Crippen MR) is 89.4 cm³/mol. The summed E-state index contributed by atoms with van der Waals surface area (Å²) in [5, 5.41) is 11.9. The van der Waals surface area contributed by atoms with E-state index in [-0.39, 0.29) is 12.2 Å². The number of ether oxygens (including phenoxy) is 1. The first-order valence-electron chi connectivity index (χ1n) is 6.87. The van der Waals surface area contributed by atoms with E-state index in [2.05, 4.69) is 11.2 Å². The molecule has 4 nitrogen and oxygen atoms in total. The number of nitriles is 1. The highest BCUT2D eigenvalue weighted by atomic mass is 16.5. The van der Waals surface area contributed by atoms with Crippen LogP contribution in [-0.4, -0.2) is 12.5 Å². The monoisotopic (exact) mass is 302 g/mol. The molecule has 0 aliphatic heterocycles. The Bertz CT molecular complexity index is 779. The van der Waals surface area contributed by atoms with Gasteiger partial charge in [-0.25, -0.2) is 0 Å². The molecule has 0 aliphatic rings. The van der Waals surface area contributed by atoms with Crippen LogP contribution in [0, 0.1) is 23.7 Å². The van der Waals surface area contributed by atoms with Crippen molar-refractivity contribution in [2.24, 2.45) is 0 Å². The second-order valence-corrected chi connectivity index (χ2v) is 4.55. The summed E-state index contributed by atoms with van der Waals surface area (Å²) >= 11 is 0. The molecule has 0 spiro atoms. The van der Waals surface area contributed by atoms with Gasteiger partial charge in [-0.15, -0.1) is 6.42 Å². The normalized spacial score (nSPS) is 10.3. The number of anilines is 1. The number of hydrogen-bond acceptors (Lipinski definition) is 3. The molecule has 1 N–H and O–H groups in total.